The zero-order chi connectivity index (χ0) is 9.03. The summed E-state index contributed by atoms with van der Waals surface area (Å²) in [6, 6.07) is 1.28. The van der Waals surface area contributed by atoms with Gasteiger partial charge in [-0.15, -0.1) is 0 Å². The molecule has 3 heteroatoms. The van der Waals surface area contributed by atoms with Gasteiger partial charge in [0.15, 0.2) is 9.76 Å². The minimum absolute atomic E-state index is 0.296. The normalized spacial score (nSPS) is 21.2. The van der Waals surface area contributed by atoms with Crippen molar-refractivity contribution in [2.24, 2.45) is 5.41 Å². The lowest BCUT2D eigenvalue weighted by atomic mass is 10.0. The molecule has 0 aromatic carbocycles. The highest BCUT2D eigenvalue weighted by Crippen LogP contribution is 2.19. The Kier molecular flexibility index (Phi) is 3.74. The Morgan fingerprint density at radius 3 is 2.33 bits per heavy atom. The number of hydrogen-bond acceptors (Lipinski definition) is 2. The largest absolute Gasteiger partial charge is 0.350 e. The maximum Gasteiger partial charge on any atom is 0.191 e. The third kappa shape index (κ3) is 4.23. The van der Waals surface area contributed by atoms with Crippen LogP contribution in [-0.4, -0.2) is 27.9 Å². The smallest absolute Gasteiger partial charge is 0.191 e. The first-order chi connectivity index (χ1) is 5.58. The molecule has 0 amide bonds. The van der Waals surface area contributed by atoms with Crippen LogP contribution in [0.3, 0.4) is 0 Å². The molecule has 1 aliphatic heterocycles. The highest BCUT2D eigenvalue weighted by atomic mass is 28.2. The summed E-state index contributed by atoms with van der Waals surface area (Å²) < 4.78 is 5.75. The molecule has 1 aliphatic rings. The van der Waals surface area contributed by atoms with E-state index in [4.69, 9.17) is 4.53 Å². The zero-order valence-electron chi connectivity index (χ0n) is 8.60. The zero-order valence-corrected chi connectivity index (χ0v) is 10.0. The van der Waals surface area contributed by atoms with Crippen LogP contribution in [-0.2, 0) is 4.53 Å². The predicted octanol–water partition coefficient (Wildman–Crippen LogP) is 1.56. The van der Waals surface area contributed by atoms with Gasteiger partial charge in [0.2, 0.25) is 0 Å². The van der Waals surface area contributed by atoms with Crippen molar-refractivity contribution >= 4 is 9.76 Å². The van der Waals surface area contributed by atoms with Gasteiger partial charge in [-0.05, 0) is 24.3 Å². The molecule has 0 aliphatic carbocycles. The van der Waals surface area contributed by atoms with Crippen LogP contribution in [0.15, 0.2) is 0 Å². The fourth-order valence-corrected chi connectivity index (χ4v) is 2.52. The van der Waals surface area contributed by atoms with Crippen molar-refractivity contribution in [3.8, 4) is 0 Å². The van der Waals surface area contributed by atoms with Gasteiger partial charge in [-0.2, -0.15) is 0 Å². The van der Waals surface area contributed by atoms with E-state index in [1.807, 2.05) is 0 Å². The molecule has 2 nitrogen and oxygen atoms in total. The van der Waals surface area contributed by atoms with Crippen molar-refractivity contribution < 1.29 is 4.53 Å². The van der Waals surface area contributed by atoms with Crippen molar-refractivity contribution in [1.82, 2.24) is 5.06 Å². The van der Waals surface area contributed by atoms with Crippen LogP contribution in [0.4, 0.5) is 0 Å². The summed E-state index contributed by atoms with van der Waals surface area (Å²) in [7, 11) is -0.296. The molecular weight excluding hydrogens is 166 g/mol. The highest BCUT2D eigenvalue weighted by Gasteiger charge is 2.14. The minimum Gasteiger partial charge on any atom is -0.350 e. The third-order valence-electron chi connectivity index (χ3n) is 2.19. The van der Waals surface area contributed by atoms with Crippen LogP contribution in [0.5, 0.6) is 0 Å². The molecule has 1 fully saturated rings. The maximum atomic E-state index is 5.75. The number of hydroxylamine groups is 2. The molecule has 0 spiro atoms. The van der Waals surface area contributed by atoms with Crippen molar-refractivity contribution in [3.05, 3.63) is 0 Å². The van der Waals surface area contributed by atoms with Crippen molar-refractivity contribution in [3.63, 3.8) is 0 Å². The summed E-state index contributed by atoms with van der Waals surface area (Å²) in [5.41, 5.74) is 0.464. The first kappa shape index (κ1) is 10.2. The van der Waals surface area contributed by atoms with E-state index in [1.165, 1.54) is 18.9 Å². The molecule has 1 rings (SSSR count). The van der Waals surface area contributed by atoms with E-state index in [2.05, 4.69) is 25.8 Å². The Hall–Kier alpha value is 0.137. The van der Waals surface area contributed by atoms with Crippen LogP contribution in [0.25, 0.3) is 0 Å². The van der Waals surface area contributed by atoms with Crippen LogP contribution < -0.4 is 0 Å². The molecule has 12 heavy (non-hydrogen) atoms. The maximum absolute atomic E-state index is 5.75. The number of hydrogen-bond donors (Lipinski definition) is 0. The lowest BCUT2D eigenvalue weighted by Gasteiger charge is -2.20. The van der Waals surface area contributed by atoms with Crippen LogP contribution in [0.1, 0.15) is 33.6 Å². The summed E-state index contributed by atoms with van der Waals surface area (Å²) in [6.45, 7) is 9.18. The van der Waals surface area contributed by atoms with Gasteiger partial charge in [0, 0.05) is 13.1 Å². The topological polar surface area (TPSA) is 12.5 Å². The SMILES string of the molecule is CC(C)(C)C[SiH2]ON1CCCC1. The molecule has 1 saturated heterocycles. The van der Waals surface area contributed by atoms with Gasteiger partial charge in [0.1, 0.15) is 0 Å². The molecule has 0 aromatic rings. The highest BCUT2D eigenvalue weighted by molar-refractivity contribution is 6.27. The van der Waals surface area contributed by atoms with Crippen LogP contribution in [0.2, 0.25) is 6.04 Å². The van der Waals surface area contributed by atoms with Gasteiger partial charge < -0.3 is 4.53 Å². The summed E-state index contributed by atoms with van der Waals surface area (Å²) >= 11 is 0. The Morgan fingerprint density at radius 1 is 1.25 bits per heavy atom. The second-order valence-corrected chi connectivity index (χ2v) is 5.95. The fourth-order valence-electron chi connectivity index (χ4n) is 1.30. The van der Waals surface area contributed by atoms with Gasteiger partial charge in [-0.25, -0.2) is 5.06 Å². The van der Waals surface area contributed by atoms with Crippen molar-refractivity contribution in [2.75, 3.05) is 13.1 Å². The molecule has 0 unspecified atom stereocenters. The molecule has 0 bridgehead atoms. The Labute approximate surface area is 78.2 Å². The van der Waals surface area contributed by atoms with Crippen molar-refractivity contribution in [2.45, 2.75) is 39.7 Å². The van der Waals surface area contributed by atoms with Crippen LogP contribution >= 0.6 is 0 Å². The third-order valence-corrected chi connectivity index (χ3v) is 4.44. The van der Waals surface area contributed by atoms with E-state index in [1.54, 1.807) is 0 Å². The Morgan fingerprint density at radius 2 is 1.83 bits per heavy atom. The monoisotopic (exact) mass is 187 g/mol. The van der Waals surface area contributed by atoms with E-state index >= 15 is 0 Å². The Bertz CT molecular complexity index is 127. The van der Waals surface area contributed by atoms with Gasteiger partial charge in [0.25, 0.3) is 0 Å². The van der Waals surface area contributed by atoms with Gasteiger partial charge >= 0.3 is 0 Å². The number of nitrogens with zero attached hydrogens (tertiary/aromatic N) is 1. The minimum atomic E-state index is -0.296. The standard InChI is InChI=1S/C9H21NOSi/c1-9(2,3)8-12-11-10-6-4-5-7-10/h4-8,12H2,1-3H3. The molecular formula is C9H21NOSi. The fraction of sp³-hybridized carbons (Fsp3) is 1.00. The summed E-state index contributed by atoms with van der Waals surface area (Å²) in [4.78, 5) is 0. The van der Waals surface area contributed by atoms with Gasteiger partial charge in [-0.3, -0.25) is 0 Å². The molecule has 0 N–H and O–H groups in total. The average Bonchev–Trinajstić information content (AvgIpc) is 2.36. The first-order valence-electron chi connectivity index (χ1n) is 4.96. The van der Waals surface area contributed by atoms with E-state index in [0.29, 0.717) is 5.41 Å². The van der Waals surface area contributed by atoms with Crippen LogP contribution in [0, 0.1) is 5.41 Å². The lowest BCUT2D eigenvalue weighted by Crippen LogP contribution is -2.24. The average molecular weight is 187 g/mol. The Balaban J connectivity index is 2.02. The molecule has 72 valence electrons. The van der Waals surface area contributed by atoms with Gasteiger partial charge in [-0.1, -0.05) is 20.8 Å². The van der Waals surface area contributed by atoms with E-state index < -0.39 is 0 Å². The predicted molar refractivity (Wildman–Crippen MR) is 54.7 cm³/mol. The molecule has 0 aromatic heterocycles. The van der Waals surface area contributed by atoms with E-state index in [-0.39, 0.29) is 9.76 Å². The number of rotatable bonds is 3. The summed E-state index contributed by atoms with van der Waals surface area (Å²) in [5.74, 6) is 0. The molecule has 0 atom stereocenters. The summed E-state index contributed by atoms with van der Waals surface area (Å²) in [5, 5.41) is 2.16. The molecule has 0 radical (unpaired) electrons. The molecule has 1 heterocycles. The van der Waals surface area contributed by atoms with Crippen molar-refractivity contribution in [1.29, 1.82) is 0 Å². The lowest BCUT2D eigenvalue weighted by molar-refractivity contribution is -0.0338. The second kappa shape index (κ2) is 4.39. The second-order valence-electron chi connectivity index (χ2n) is 4.78. The first-order valence-corrected chi connectivity index (χ1v) is 6.53. The molecule has 0 saturated carbocycles. The van der Waals surface area contributed by atoms with E-state index in [9.17, 15) is 0 Å². The summed E-state index contributed by atoms with van der Waals surface area (Å²) in [6.07, 6.45) is 2.65. The van der Waals surface area contributed by atoms with Gasteiger partial charge in [0.05, 0.1) is 0 Å². The van der Waals surface area contributed by atoms with E-state index in [0.717, 1.165) is 13.1 Å². The quantitative estimate of drug-likeness (QED) is 0.622.